The van der Waals surface area contributed by atoms with Crippen LogP contribution in [0, 0.1) is 11.6 Å². The molecule has 1 fully saturated rings. The number of nitrogens with one attached hydrogen (secondary N) is 2. The molecular formula is C27H27F2N9. The van der Waals surface area contributed by atoms with Crippen molar-refractivity contribution in [2.45, 2.75) is 19.4 Å². The van der Waals surface area contributed by atoms with Crippen LogP contribution in [-0.2, 0) is 19.4 Å². The Bertz CT molecular complexity index is 1420. The molecule has 4 aromatic rings. The lowest BCUT2D eigenvalue weighted by molar-refractivity contribution is 0.500. The first-order chi connectivity index (χ1) is 18.6. The maximum absolute atomic E-state index is 14.0. The zero-order valence-corrected chi connectivity index (χ0v) is 20.7. The number of aromatic nitrogens is 5. The molecule has 2 aliphatic heterocycles. The average molecular weight is 516 g/mol. The molecule has 0 saturated carbocycles. The Balaban J connectivity index is 1.06. The molecule has 0 unspecified atom stereocenters. The molecule has 2 aromatic heterocycles. The number of benzene rings is 2. The Kier molecular flexibility index (Phi) is 6.74. The van der Waals surface area contributed by atoms with Gasteiger partial charge in [0, 0.05) is 57.2 Å². The monoisotopic (exact) mass is 515 g/mol. The normalized spacial score (nSPS) is 15.3. The molecule has 2 aromatic carbocycles. The summed E-state index contributed by atoms with van der Waals surface area (Å²) < 4.78 is 27.5. The van der Waals surface area contributed by atoms with E-state index in [0.717, 1.165) is 36.8 Å². The van der Waals surface area contributed by atoms with E-state index in [1.54, 1.807) is 18.5 Å². The number of nitrogens with zero attached hydrogens (tertiary/aromatic N) is 7. The summed E-state index contributed by atoms with van der Waals surface area (Å²) in [4.78, 5) is 26.5. The zero-order chi connectivity index (χ0) is 25.9. The number of hydrogen-bond acceptors (Lipinski definition) is 9. The number of piperazine rings is 1. The number of halogens is 2. The minimum Gasteiger partial charge on any atom is -0.337 e. The molecule has 0 amide bonds. The Morgan fingerprint density at radius 3 is 2.47 bits per heavy atom. The largest absolute Gasteiger partial charge is 0.337 e. The Labute approximate surface area is 219 Å². The van der Waals surface area contributed by atoms with Gasteiger partial charge in [0.2, 0.25) is 17.8 Å². The molecule has 4 heterocycles. The maximum atomic E-state index is 14.0. The van der Waals surface area contributed by atoms with Gasteiger partial charge < -0.3 is 20.4 Å². The lowest BCUT2D eigenvalue weighted by Crippen LogP contribution is -2.47. The predicted octanol–water partition coefficient (Wildman–Crippen LogP) is 3.25. The minimum absolute atomic E-state index is 0.232. The van der Waals surface area contributed by atoms with Crippen LogP contribution in [0.1, 0.15) is 22.3 Å². The first-order valence-electron chi connectivity index (χ1n) is 12.6. The van der Waals surface area contributed by atoms with Crippen molar-refractivity contribution in [3.05, 3.63) is 89.0 Å². The molecule has 2 N–H and O–H groups in total. The van der Waals surface area contributed by atoms with E-state index in [2.05, 4.69) is 63.6 Å². The summed E-state index contributed by atoms with van der Waals surface area (Å²) >= 11 is 0. The van der Waals surface area contributed by atoms with E-state index in [0.29, 0.717) is 44.0 Å². The standard InChI is InChI=1S/C27H27F2N9/c28-23-3-1-2-20(24(23)29)12-18-14-31-26(32-15-18)37-8-10-38(11-9-37)27-34-17-33-25(36-27)35-22-5-4-19-6-7-30-16-21(19)13-22/h1-5,13-15,17,30H,6-12,16H2,(H,33,34,35,36). The van der Waals surface area contributed by atoms with Gasteiger partial charge in [-0.1, -0.05) is 18.2 Å². The molecule has 9 nitrogen and oxygen atoms in total. The molecule has 0 aliphatic carbocycles. The van der Waals surface area contributed by atoms with Gasteiger partial charge in [0.05, 0.1) is 0 Å². The third-order valence-electron chi connectivity index (χ3n) is 6.87. The van der Waals surface area contributed by atoms with Gasteiger partial charge in [0.1, 0.15) is 6.33 Å². The highest BCUT2D eigenvalue weighted by Crippen LogP contribution is 2.22. The summed E-state index contributed by atoms with van der Waals surface area (Å²) in [7, 11) is 0. The van der Waals surface area contributed by atoms with Gasteiger partial charge in [0.25, 0.3) is 0 Å². The van der Waals surface area contributed by atoms with Gasteiger partial charge in [0.15, 0.2) is 11.6 Å². The highest BCUT2D eigenvalue weighted by Gasteiger charge is 2.21. The van der Waals surface area contributed by atoms with Crippen molar-refractivity contribution in [2.24, 2.45) is 0 Å². The van der Waals surface area contributed by atoms with Crippen LogP contribution in [0.2, 0.25) is 0 Å². The molecule has 1 saturated heterocycles. The van der Waals surface area contributed by atoms with Crippen LogP contribution in [0.4, 0.5) is 32.3 Å². The van der Waals surface area contributed by atoms with Crippen LogP contribution < -0.4 is 20.4 Å². The second-order valence-electron chi connectivity index (χ2n) is 9.40. The molecule has 0 spiro atoms. The lowest BCUT2D eigenvalue weighted by Gasteiger charge is -2.34. The van der Waals surface area contributed by atoms with Crippen LogP contribution in [0.3, 0.4) is 0 Å². The van der Waals surface area contributed by atoms with E-state index in [1.165, 1.54) is 23.5 Å². The van der Waals surface area contributed by atoms with Crippen LogP contribution >= 0.6 is 0 Å². The predicted molar refractivity (Wildman–Crippen MR) is 141 cm³/mol. The number of hydrogen-bond donors (Lipinski definition) is 2. The zero-order valence-electron chi connectivity index (χ0n) is 20.7. The molecule has 2 aliphatic rings. The van der Waals surface area contributed by atoms with Gasteiger partial charge in [-0.2, -0.15) is 4.98 Å². The van der Waals surface area contributed by atoms with Crippen molar-refractivity contribution in [3.8, 4) is 0 Å². The van der Waals surface area contributed by atoms with Crippen LogP contribution in [0.25, 0.3) is 0 Å². The molecule has 194 valence electrons. The van der Waals surface area contributed by atoms with Gasteiger partial charge in [-0.05, 0) is 53.4 Å². The van der Waals surface area contributed by atoms with Gasteiger partial charge in [-0.25, -0.2) is 28.7 Å². The highest BCUT2D eigenvalue weighted by atomic mass is 19.2. The first kappa shape index (κ1) is 24.1. The first-order valence-corrected chi connectivity index (χ1v) is 12.6. The Hall–Kier alpha value is -4.25. The smallest absolute Gasteiger partial charge is 0.231 e. The van der Waals surface area contributed by atoms with Gasteiger partial charge >= 0.3 is 0 Å². The summed E-state index contributed by atoms with van der Waals surface area (Å²) in [5.41, 5.74) is 4.63. The van der Waals surface area contributed by atoms with Crippen molar-refractivity contribution in [3.63, 3.8) is 0 Å². The SMILES string of the molecule is Fc1cccc(Cc2cnc(N3CCN(c4ncnc(Nc5ccc6c(c5)CNCC6)n4)CC3)nc2)c1F. The van der Waals surface area contributed by atoms with E-state index in [9.17, 15) is 8.78 Å². The van der Waals surface area contributed by atoms with Crippen LogP contribution in [-0.4, -0.2) is 57.6 Å². The second kappa shape index (κ2) is 10.6. The van der Waals surface area contributed by atoms with Crippen molar-refractivity contribution in [2.75, 3.05) is 47.8 Å². The number of anilines is 4. The summed E-state index contributed by atoms with van der Waals surface area (Å²) in [6.45, 7) is 4.68. The highest BCUT2D eigenvalue weighted by molar-refractivity contribution is 5.57. The summed E-state index contributed by atoms with van der Waals surface area (Å²) in [6.07, 6.45) is 6.14. The van der Waals surface area contributed by atoms with Crippen molar-refractivity contribution in [1.29, 1.82) is 0 Å². The van der Waals surface area contributed by atoms with E-state index < -0.39 is 11.6 Å². The lowest BCUT2D eigenvalue weighted by atomic mass is 10.0. The summed E-state index contributed by atoms with van der Waals surface area (Å²) in [5.74, 6) is 0.0532. The van der Waals surface area contributed by atoms with E-state index in [1.807, 2.05) is 0 Å². The second-order valence-corrected chi connectivity index (χ2v) is 9.40. The van der Waals surface area contributed by atoms with Crippen molar-refractivity contribution < 1.29 is 8.78 Å². The third-order valence-corrected chi connectivity index (χ3v) is 6.87. The molecule has 0 bridgehead atoms. The van der Waals surface area contributed by atoms with E-state index >= 15 is 0 Å². The molecule has 0 radical (unpaired) electrons. The van der Waals surface area contributed by atoms with Crippen molar-refractivity contribution in [1.82, 2.24) is 30.2 Å². The Morgan fingerprint density at radius 1 is 0.868 bits per heavy atom. The fourth-order valence-corrected chi connectivity index (χ4v) is 4.80. The third kappa shape index (κ3) is 5.23. The molecule has 11 heteroatoms. The Morgan fingerprint density at radius 2 is 1.66 bits per heavy atom. The number of fused-ring (bicyclic) bond motifs is 1. The maximum Gasteiger partial charge on any atom is 0.231 e. The van der Waals surface area contributed by atoms with Crippen LogP contribution in [0.5, 0.6) is 0 Å². The van der Waals surface area contributed by atoms with Crippen LogP contribution in [0.15, 0.2) is 55.1 Å². The fraction of sp³-hybridized carbons (Fsp3) is 0.296. The van der Waals surface area contributed by atoms with Crippen molar-refractivity contribution >= 4 is 23.5 Å². The van der Waals surface area contributed by atoms with Gasteiger partial charge in [-0.3, -0.25) is 0 Å². The van der Waals surface area contributed by atoms with Gasteiger partial charge in [-0.15, -0.1) is 0 Å². The average Bonchev–Trinajstić information content (AvgIpc) is 2.96. The number of rotatable bonds is 6. The van der Waals surface area contributed by atoms with E-state index in [-0.39, 0.29) is 12.0 Å². The minimum atomic E-state index is -0.852. The van der Waals surface area contributed by atoms with E-state index in [4.69, 9.17) is 0 Å². The quantitative estimate of drug-likeness (QED) is 0.401. The molecule has 0 atom stereocenters. The fourth-order valence-electron chi connectivity index (χ4n) is 4.80. The molecular weight excluding hydrogens is 488 g/mol. The molecule has 38 heavy (non-hydrogen) atoms. The molecule has 6 rings (SSSR count). The summed E-state index contributed by atoms with van der Waals surface area (Å²) in [5, 5.41) is 6.71. The topological polar surface area (TPSA) is 95.0 Å². The summed E-state index contributed by atoms with van der Waals surface area (Å²) in [6, 6.07) is 10.5.